The van der Waals surface area contributed by atoms with Gasteiger partial charge in [-0.15, -0.1) is 0 Å². The first-order chi connectivity index (χ1) is 7.80. The maximum absolute atomic E-state index is 13.7. The Morgan fingerprint density at radius 3 is 2.59 bits per heavy atom. The molecule has 0 amide bonds. The first kappa shape index (κ1) is 13.9. The molecule has 17 heavy (non-hydrogen) atoms. The van der Waals surface area contributed by atoms with E-state index in [2.05, 4.69) is 4.74 Å². The Labute approximate surface area is 105 Å². The van der Waals surface area contributed by atoms with Gasteiger partial charge in [0.15, 0.2) is 0 Å². The number of hydrogen-bond donors (Lipinski definition) is 1. The summed E-state index contributed by atoms with van der Waals surface area (Å²) in [5.41, 5.74) is 5.15. The largest absolute Gasteiger partial charge is 0.469 e. The first-order valence-electron chi connectivity index (χ1n) is 5.09. The molecule has 0 saturated heterocycles. The molecule has 1 aromatic carbocycles. The Balaban J connectivity index is 3.11. The van der Waals surface area contributed by atoms with Gasteiger partial charge in [0, 0.05) is 16.6 Å². The number of halogens is 2. The number of hydrogen-bond acceptors (Lipinski definition) is 3. The normalized spacial score (nSPS) is 13.3. The van der Waals surface area contributed by atoms with Crippen molar-refractivity contribution in [3.05, 3.63) is 34.6 Å². The predicted molar refractivity (Wildman–Crippen MR) is 64.1 cm³/mol. The number of nitrogens with two attached hydrogens (primary N) is 1. The lowest BCUT2D eigenvalue weighted by atomic mass is 9.81. The van der Waals surface area contributed by atoms with Crippen LogP contribution in [0.15, 0.2) is 18.2 Å². The molecule has 0 aliphatic heterocycles. The van der Waals surface area contributed by atoms with E-state index < -0.39 is 23.2 Å². The van der Waals surface area contributed by atoms with Gasteiger partial charge in [0.2, 0.25) is 0 Å². The average molecular weight is 260 g/mol. The van der Waals surface area contributed by atoms with Crippen molar-refractivity contribution >= 4 is 17.6 Å². The molecule has 3 nitrogen and oxygen atoms in total. The summed E-state index contributed by atoms with van der Waals surface area (Å²) in [7, 11) is 1.27. The topological polar surface area (TPSA) is 52.3 Å². The Morgan fingerprint density at radius 1 is 1.53 bits per heavy atom. The lowest BCUT2D eigenvalue weighted by Gasteiger charge is -2.29. The van der Waals surface area contributed by atoms with E-state index in [0.717, 1.165) is 0 Å². The van der Waals surface area contributed by atoms with Crippen LogP contribution in [0.3, 0.4) is 0 Å². The third kappa shape index (κ3) is 2.76. The van der Waals surface area contributed by atoms with Gasteiger partial charge in [-0.1, -0.05) is 17.7 Å². The summed E-state index contributed by atoms with van der Waals surface area (Å²) in [6.07, 6.45) is 0. The number of esters is 1. The zero-order valence-corrected chi connectivity index (χ0v) is 10.7. The summed E-state index contributed by atoms with van der Waals surface area (Å²) in [5, 5.41) is 0.286. The van der Waals surface area contributed by atoms with Crippen LogP contribution in [0.2, 0.25) is 5.02 Å². The highest BCUT2D eigenvalue weighted by Crippen LogP contribution is 2.34. The molecule has 0 saturated carbocycles. The maximum Gasteiger partial charge on any atom is 0.313 e. The molecule has 0 aromatic heterocycles. The fourth-order valence-electron chi connectivity index (χ4n) is 1.53. The molecule has 0 heterocycles. The van der Waals surface area contributed by atoms with Crippen LogP contribution in [0.25, 0.3) is 0 Å². The Bertz CT molecular complexity index is 435. The van der Waals surface area contributed by atoms with Crippen molar-refractivity contribution in [1.82, 2.24) is 0 Å². The molecule has 0 aliphatic carbocycles. The van der Waals surface area contributed by atoms with Crippen LogP contribution in [-0.2, 0) is 9.53 Å². The number of carbonyl (C=O) groups is 1. The molecule has 0 aliphatic rings. The SMILES string of the molecule is COC(=O)C(C)(C)[C@@H](N)c1ccc(Cl)cc1F. The summed E-state index contributed by atoms with van der Waals surface area (Å²) in [6.45, 7) is 3.22. The van der Waals surface area contributed by atoms with Crippen molar-refractivity contribution in [2.24, 2.45) is 11.1 Å². The van der Waals surface area contributed by atoms with Crippen molar-refractivity contribution in [2.75, 3.05) is 7.11 Å². The smallest absolute Gasteiger partial charge is 0.313 e. The summed E-state index contributed by atoms with van der Waals surface area (Å²) in [6, 6.07) is 3.39. The van der Waals surface area contributed by atoms with E-state index >= 15 is 0 Å². The van der Waals surface area contributed by atoms with Crippen molar-refractivity contribution in [1.29, 1.82) is 0 Å². The van der Waals surface area contributed by atoms with E-state index in [4.69, 9.17) is 17.3 Å². The van der Waals surface area contributed by atoms with Gasteiger partial charge in [0.05, 0.1) is 12.5 Å². The van der Waals surface area contributed by atoms with Gasteiger partial charge in [-0.2, -0.15) is 0 Å². The summed E-state index contributed by atoms with van der Waals surface area (Å²) in [4.78, 5) is 11.6. The minimum absolute atomic E-state index is 0.241. The summed E-state index contributed by atoms with van der Waals surface area (Å²) < 4.78 is 18.3. The van der Waals surface area contributed by atoms with Crippen molar-refractivity contribution in [3.63, 3.8) is 0 Å². The third-order valence-electron chi connectivity index (χ3n) is 2.79. The van der Waals surface area contributed by atoms with Gasteiger partial charge in [0.1, 0.15) is 5.82 Å². The van der Waals surface area contributed by atoms with Crippen LogP contribution in [0.1, 0.15) is 25.5 Å². The number of carbonyl (C=O) groups excluding carboxylic acids is 1. The minimum Gasteiger partial charge on any atom is -0.469 e. The maximum atomic E-state index is 13.7. The van der Waals surface area contributed by atoms with Crippen LogP contribution >= 0.6 is 11.6 Å². The summed E-state index contributed by atoms with van der Waals surface area (Å²) in [5.74, 6) is -1.01. The van der Waals surface area contributed by atoms with Gasteiger partial charge in [-0.3, -0.25) is 4.79 Å². The van der Waals surface area contributed by atoms with Crippen LogP contribution in [0.5, 0.6) is 0 Å². The van der Waals surface area contributed by atoms with E-state index in [0.29, 0.717) is 0 Å². The van der Waals surface area contributed by atoms with Gasteiger partial charge in [-0.25, -0.2) is 4.39 Å². The predicted octanol–water partition coefficient (Wildman–Crippen LogP) is 2.68. The first-order valence-corrected chi connectivity index (χ1v) is 5.47. The minimum atomic E-state index is -1.01. The highest BCUT2D eigenvalue weighted by atomic mass is 35.5. The van der Waals surface area contributed by atoms with E-state index in [9.17, 15) is 9.18 Å². The van der Waals surface area contributed by atoms with Gasteiger partial charge < -0.3 is 10.5 Å². The van der Waals surface area contributed by atoms with Crippen molar-refractivity contribution in [2.45, 2.75) is 19.9 Å². The highest BCUT2D eigenvalue weighted by molar-refractivity contribution is 6.30. The lowest BCUT2D eigenvalue weighted by Crippen LogP contribution is -2.37. The number of methoxy groups -OCH3 is 1. The third-order valence-corrected chi connectivity index (χ3v) is 3.02. The molecular weight excluding hydrogens is 245 g/mol. The molecule has 0 bridgehead atoms. The van der Waals surface area contributed by atoms with Crippen LogP contribution in [0, 0.1) is 11.2 Å². The molecule has 94 valence electrons. The second kappa shape index (κ2) is 5.02. The average Bonchev–Trinajstić information content (AvgIpc) is 2.27. The second-order valence-corrected chi connectivity index (χ2v) is 4.79. The Kier molecular flexibility index (Phi) is 4.11. The summed E-state index contributed by atoms with van der Waals surface area (Å²) >= 11 is 5.65. The van der Waals surface area contributed by atoms with E-state index in [1.807, 2.05) is 0 Å². The quantitative estimate of drug-likeness (QED) is 0.849. The van der Waals surface area contributed by atoms with Gasteiger partial charge in [-0.05, 0) is 26.0 Å². The van der Waals surface area contributed by atoms with Crippen molar-refractivity contribution < 1.29 is 13.9 Å². The second-order valence-electron chi connectivity index (χ2n) is 4.36. The Morgan fingerprint density at radius 2 is 2.12 bits per heavy atom. The van der Waals surface area contributed by atoms with E-state index in [1.165, 1.54) is 25.3 Å². The molecule has 2 N–H and O–H groups in total. The molecule has 0 fully saturated rings. The standard InChI is InChI=1S/C12H15ClFNO2/c1-12(2,11(16)17-3)10(15)8-5-4-7(13)6-9(8)14/h4-6,10H,15H2,1-3H3/t10-/m0/s1. The molecule has 1 rings (SSSR count). The van der Waals surface area contributed by atoms with Crippen LogP contribution in [-0.4, -0.2) is 13.1 Å². The monoisotopic (exact) mass is 259 g/mol. The molecule has 0 radical (unpaired) electrons. The molecule has 0 spiro atoms. The molecule has 5 heteroatoms. The van der Waals surface area contributed by atoms with E-state index in [1.54, 1.807) is 13.8 Å². The molecular formula is C12H15ClFNO2. The molecule has 0 unspecified atom stereocenters. The van der Waals surface area contributed by atoms with Crippen LogP contribution in [0.4, 0.5) is 4.39 Å². The van der Waals surface area contributed by atoms with E-state index in [-0.39, 0.29) is 10.6 Å². The number of ether oxygens (including phenoxy) is 1. The number of rotatable bonds is 3. The van der Waals surface area contributed by atoms with Crippen LogP contribution < -0.4 is 5.73 Å². The number of benzene rings is 1. The van der Waals surface area contributed by atoms with Gasteiger partial charge >= 0.3 is 5.97 Å². The molecule has 1 atom stereocenters. The zero-order chi connectivity index (χ0) is 13.2. The highest BCUT2D eigenvalue weighted by Gasteiger charge is 2.37. The fourth-order valence-corrected chi connectivity index (χ4v) is 1.69. The molecule has 1 aromatic rings. The lowest BCUT2D eigenvalue weighted by molar-refractivity contribution is -0.152. The van der Waals surface area contributed by atoms with Crippen molar-refractivity contribution in [3.8, 4) is 0 Å². The fraction of sp³-hybridized carbons (Fsp3) is 0.417. The zero-order valence-electron chi connectivity index (χ0n) is 9.96. The Hall–Kier alpha value is -1.13. The van der Waals surface area contributed by atoms with Gasteiger partial charge in [0.25, 0.3) is 0 Å².